The van der Waals surface area contributed by atoms with E-state index in [1.807, 2.05) is 6.07 Å². The van der Waals surface area contributed by atoms with Crippen LogP contribution in [0.4, 0.5) is 0 Å². The molecule has 0 bridgehead atoms. The first-order chi connectivity index (χ1) is 19.8. The third-order valence-corrected chi connectivity index (χ3v) is 7.54. The highest BCUT2D eigenvalue weighted by Gasteiger charge is 2.15. The molecule has 0 aliphatic carbocycles. The molecule has 3 aromatic heterocycles. The van der Waals surface area contributed by atoms with Crippen LogP contribution in [0.25, 0.3) is 72.3 Å². The van der Waals surface area contributed by atoms with E-state index in [0.29, 0.717) is 11.5 Å². The van der Waals surface area contributed by atoms with Gasteiger partial charge in [0.15, 0.2) is 5.58 Å². The van der Waals surface area contributed by atoms with Crippen molar-refractivity contribution in [1.29, 1.82) is 0 Å². The van der Waals surface area contributed by atoms with E-state index in [1.54, 1.807) is 12.4 Å². The van der Waals surface area contributed by atoms with Gasteiger partial charge in [-0.25, -0.2) is 4.98 Å². The maximum absolute atomic E-state index is 5.96. The fourth-order valence-electron chi connectivity index (χ4n) is 5.58. The molecule has 0 radical (unpaired) electrons. The molecule has 8 rings (SSSR count). The molecule has 4 nitrogen and oxygen atoms in total. The second kappa shape index (κ2) is 9.07. The SMILES string of the molecule is c1ccc(-c2ccc3c(c2)c2cc(-c4ccccc4)ccc2n3-c2ccc(-c3nc4ccncc4o3)cc2)cc1. The molecule has 4 heteroatoms. The van der Waals surface area contributed by atoms with Crippen LogP contribution in [-0.4, -0.2) is 14.5 Å². The van der Waals surface area contributed by atoms with Crippen LogP contribution < -0.4 is 0 Å². The van der Waals surface area contributed by atoms with E-state index < -0.39 is 0 Å². The maximum Gasteiger partial charge on any atom is 0.227 e. The lowest BCUT2D eigenvalue weighted by molar-refractivity contribution is 0.618. The van der Waals surface area contributed by atoms with Gasteiger partial charge in [-0.2, -0.15) is 0 Å². The van der Waals surface area contributed by atoms with E-state index in [9.17, 15) is 0 Å². The van der Waals surface area contributed by atoms with Crippen molar-refractivity contribution in [1.82, 2.24) is 14.5 Å². The minimum Gasteiger partial charge on any atom is -0.434 e. The van der Waals surface area contributed by atoms with Crippen LogP contribution in [-0.2, 0) is 0 Å². The second-order valence-electron chi connectivity index (χ2n) is 9.94. The molecule has 0 aliphatic rings. The molecule has 0 fully saturated rings. The van der Waals surface area contributed by atoms with Crippen molar-refractivity contribution in [2.24, 2.45) is 0 Å². The van der Waals surface area contributed by atoms with Crippen LogP contribution in [0.5, 0.6) is 0 Å². The van der Waals surface area contributed by atoms with Crippen LogP contribution in [0, 0.1) is 0 Å². The molecular weight excluding hydrogens is 490 g/mol. The van der Waals surface area contributed by atoms with Crippen molar-refractivity contribution in [3.63, 3.8) is 0 Å². The average molecular weight is 514 g/mol. The summed E-state index contributed by atoms with van der Waals surface area (Å²) in [7, 11) is 0. The van der Waals surface area contributed by atoms with Gasteiger partial charge in [0.05, 0.1) is 17.2 Å². The molecule has 0 unspecified atom stereocenters. The average Bonchev–Trinajstić information content (AvgIpc) is 3.61. The molecular formula is C36H23N3O. The lowest BCUT2D eigenvalue weighted by atomic mass is 10.0. The van der Waals surface area contributed by atoms with Gasteiger partial charge in [0.2, 0.25) is 5.89 Å². The van der Waals surface area contributed by atoms with Gasteiger partial charge in [0.25, 0.3) is 0 Å². The molecule has 40 heavy (non-hydrogen) atoms. The monoisotopic (exact) mass is 513 g/mol. The quantitative estimate of drug-likeness (QED) is 0.235. The highest BCUT2D eigenvalue weighted by molar-refractivity contribution is 6.11. The third-order valence-electron chi connectivity index (χ3n) is 7.54. The van der Waals surface area contributed by atoms with E-state index in [1.165, 1.54) is 44.1 Å². The topological polar surface area (TPSA) is 43.9 Å². The van der Waals surface area contributed by atoms with Crippen molar-refractivity contribution in [3.05, 3.63) is 140 Å². The van der Waals surface area contributed by atoms with Gasteiger partial charge >= 0.3 is 0 Å². The number of nitrogens with zero attached hydrogens (tertiary/aromatic N) is 3. The van der Waals surface area contributed by atoms with Crippen LogP contribution in [0.2, 0.25) is 0 Å². The van der Waals surface area contributed by atoms with Gasteiger partial charge in [-0.15, -0.1) is 0 Å². The Morgan fingerprint density at radius 2 is 1.10 bits per heavy atom. The van der Waals surface area contributed by atoms with Crippen LogP contribution in [0.1, 0.15) is 0 Å². The van der Waals surface area contributed by atoms with E-state index in [2.05, 4.69) is 136 Å². The van der Waals surface area contributed by atoms with E-state index >= 15 is 0 Å². The molecule has 0 aliphatic heterocycles. The summed E-state index contributed by atoms with van der Waals surface area (Å²) in [5, 5.41) is 2.45. The number of aromatic nitrogens is 3. The highest BCUT2D eigenvalue weighted by atomic mass is 16.3. The van der Waals surface area contributed by atoms with E-state index in [-0.39, 0.29) is 0 Å². The summed E-state index contributed by atoms with van der Waals surface area (Å²) in [6.45, 7) is 0. The zero-order valence-electron chi connectivity index (χ0n) is 21.5. The molecule has 188 valence electrons. The Morgan fingerprint density at radius 3 is 1.68 bits per heavy atom. The summed E-state index contributed by atoms with van der Waals surface area (Å²) >= 11 is 0. The number of oxazole rings is 1. The Balaban J connectivity index is 1.31. The zero-order valence-corrected chi connectivity index (χ0v) is 21.5. The third kappa shape index (κ3) is 3.69. The maximum atomic E-state index is 5.96. The number of hydrogen-bond acceptors (Lipinski definition) is 3. The van der Waals surface area contributed by atoms with Crippen molar-refractivity contribution >= 4 is 32.9 Å². The first-order valence-corrected chi connectivity index (χ1v) is 13.3. The molecule has 5 aromatic carbocycles. The number of rotatable bonds is 4. The summed E-state index contributed by atoms with van der Waals surface area (Å²) in [5.41, 5.74) is 10.7. The van der Waals surface area contributed by atoms with Gasteiger partial charge in [0.1, 0.15) is 5.52 Å². The largest absolute Gasteiger partial charge is 0.434 e. The standard InChI is InChI=1S/C36H23N3O/c1-3-7-24(8-4-1)27-13-17-33-30(21-27)31-22-28(25-9-5-2-6-10-25)14-18-34(31)39(33)29-15-11-26(12-16-29)36-38-32-19-20-37-23-35(32)40-36/h1-23H. The molecule has 0 N–H and O–H groups in total. The first-order valence-electron chi connectivity index (χ1n) is 13.3. The number of benzene rings is 5. The normalized spacial score (nSPS) is 11.5. The summed E-state index contributed by atoms with van der Waals surface area (Å²) < 4.78 is 8.30. The summed E-state index contributed by atoms with van der Waals surface area (Å²) in [5.74, 6) is 0.594. The fraction of sp³-hybridized carbons (Fsp3) is 0. The second-order valence-corrected chi connectivity index (χ2v) is 9.94. The molecule has 3 heterocycles. The predicted octanol–water partition coefficient (Wildman–Crippen LogP) is 9.32. The van der Waals surface area contributed by atoms with Crippen LogP contribution >= 0.6 is 0 Å². The van der Waals surface area contributed by atoms with Gasteiger partial charge in [0, 0.05) is 28.2 Å². The lowest BCUT2D eigenvalue weighted by Gasteiger charge is -2.09. The molecule has 8 aromatic rings. The molecule has 0 spiro atoms. The summed E-state index contributed by atoms with van der Waals surface area (Å²) in [6.07, 6.45) is 3.43. The Hall–Kier alpha value is -5.48. The van der Waals surface area contributed by atoms with Gasteiger partial charge in [-0.05, 0) is 76.9 Å². The van der Waals surface area contributed by atoms with Gasteiger partial charge in [-0.3, -0.25) is 4.98 Å². The molecule has 0 saturated heterocycles. The fourth-order valence-corrected chi connectivity index (χ4v) is 5.58. The Morgan fingerprint density at radius 1 is 0.525 bits per heavy atom. The molecule has 0 saturated carbocycles. The molecule has 0 atom stereocenters. The van der Waals surface area contributed by atoms with E-state index in [4.69, 9.17) is 4.42 Å². The van der Waals surface area contributed by atoms with Crippen molar-refractivity contribution in [3.8, 4) is 39.4 Å². The Labute approximate surface area is 230 Å². The summed E-state index contributed by atoms with van der Waals surface area (Å²) in [4.78, 5) is 8.78. The minimum atomic E-state index is 0.594. The van der Waals surface area contributed by atoms with Crippen LogP contribution in [0.3, 0.4) is 0 Å². The number of fused-ring (bicyclic) bond motifs is 4. The number of pyridine rings is 1. The smallest absolute Gasteiger partial charge is 0.227 e. The Bertz CT molecular complexity index is 2010. The highest BCUT2D eigenvalue weighted by Crippen LogP contribution is 2.37. The predicted molar refractivity (Wildman–Crippen MR) is 162 cm³/mol. The van der Waals surface area contributed by atoms with Crippen molar-refractivity contribution in [2.45, 2.75) is 0 Å². The van der Waals surface area contributed by atoms with E-state index in [0.717, 1.165) is 16.8 Å². The van der Waals surface area contributed by atoms with Gasteiger partial charge < -0.3 is 8.98 Å². The number of hydrogen-bond donors (Lipinski definition) is 0. The minimum absolute atomic E-state index is 0.594. The zero-order chi connectivity index (χ0) is 26.5. The lowest BCUT2D eigenvalue weighted by Crippen LogP contribution is -1.94. The van der Waals surface area contributed by atoms with Crippen molar-refractivity contribution < 1.29 is 4.42 Å². The first kappa shape index (κ1) is 22.5. The summed E-state index contributed by atoms with van der Waals surface area (Å²) in [6, 6.07) is 44.9. The Kier molecular flexibility index (Phi) is 5.10. The molecule has 0 amide bonds. The van der Waals surface area contributed by atoms with Crippen LogP contribution in [0.15, 0.2) is 144 Å². The van der Waals surface area contributed by atoms with Crippen molar-refractivity contribution in [2.75, 3.05) is 0 Å². The van der Waals surface area contributed by atoms with Gasteiger partial charge in [-0.1, -0.05) is 72.8 Å².